The Labute approximate surface area is 104 Å². The van der Waals surface area contributed by atoms with E-state index in [1.807, 2.05) is 34.6 Å². The Balaban J connectivity index is 4.27. The number of nitrogens with one attached hydrogen (secondary N) is 1. The molecule has 0 spiro atoms. The minimum absolute atomic E-state index is 0.000334. The van der Waals surface area contributed by atoms with Crippen molar-refractivity contribution in [2.75, 3.05) is 6.54 Å². The smallest absolute Gasteiger partial charge is 0.303 e. The summed E-state index contributed by atoms with van der Waals surface area (Å²) in [6.07, 6.45) is 0.579. The lowest BCUT2D eigenvalue weighted by Gasteiger charge is -2.29. The van der Waals surface area contributed by atoms with E-state index in [4.69, 9.17) is 5.11 Å². The highest BCUT2D eigenvalue weighted by Gasteiger charge is 2.27. The van der Waals surface area contributed by atoms with Crippen molar-refractivity contribution in [2.45, 2.75) is 47.5 Å². The first-order valence-corrected chi connectivity index (χ1v) is 6.11. The van der Waals surface area contributed by atoms with Gasteiger partial charge in [0.05, 0.1) is 6.42 Å². The van der Waals surface area contributed by atoms with Crippen LogP contribution in [0.4, 0.5) is 0 Å². The van der Waals surface area contributed by atoms with Crippen molar-refractivity contribution in [3.05, 3.63) is 0 Å². The second kappa shape index (κ2) is 6.62. The summed E-state index contributed by atoms with van der Waals surface area (Å²) in [4.78, 5) is 22.3. The number of rotatable bonds is 6. The van der Waals surface area contributed by atoms with Crippen LogP contribution in [-0.2, 0) is 9.59 Å². The van der Waals surface area contributed by atoms with Crippen molar-refractivity contribution < 1.29 is 14.7 Å². The maximum atomic E-state index is 11.5. The monoisotopic (exact) mass is 243 g/mol. The van der Waals surface area contributed by atoms with Crippen LogP contribution in [0.2, 0.25) is 0 Å². The van der Waals surface area contributed by atoms with E-state index < -0.39 is 5.97 Å². The van der Waals surface area contributed by atoms with Crippen molar-refractivity contribution >= 4 is 11.9 Å². The van der Waals surface area contributed by atoms with Gasteiger partial charge < -0.3 is 10.4 Å². The molecular formula is C13H25NO3. The van der Waals surface area contributed by atoms with E-state index in [-0.39, 0.29) is 23.7 Å². The SMILES string of the molecule is CC(C)CC(=O)NCC(CC(=O)O)C(C)(C)C. The summed E-state index contributed by atoms with van der Waals surface area (Å²) < 4.78 is 0. The number of aliphatic carboxylic acids is 1. The third kappa shape index (κ3) is 7.77. The van der Waals surface area contributed by atoms with E-state index in [9.17, 15) is 9.59 Å². The molecular weight excluding hydrogens is 218 g/mol. The first-order valence-electron chi connectivity index (χ1n) is 6.11. The summed E-state index contributed by atoms with van der Waals surface area (Å²) in [5.41, 5.74) is -0.122. The largest absolute Gasteiger partial charge is 0.481 e. The van der Waals surface area contributed by atoms with Crippen LogP contribution in [0.5, 0.6) is 0 Å². The van der Waals surface area contributed by atoms with Crippen LogP contribution >= 0.6 is 0 Å². The maximum Gasteiger partial charge on any atom is 0.303 e. The zero-order valence-electron chi connectivity index (χ0n) is 11.5. The van der Waals surface area contributed by atoms with E-state index in [0.29, 0.717) is 18.9 Å². The zero-order chi connectivity index (χ0) is 13.6. The first kappa shape index (κ1) is 15.9. The van der Waals surface area contributed by atoms with Gasteiger partial charge in [-0.05, 0) is 17.3 Å². The summed E-state index contributed by atoms with van der Waals surface area (Å²) in [6, 6.07) is 0. The van der Waals surface area contributed by atoms with Crippen LogP contribution in [0.3, 0.4) is 0 Å². The number of hydrogen-bond donors (Lipinski definition) is 2. The molecule has 0 fully saturated rings. The Morgan fingerprint density at radius 1 is 1.18 bits per heavy atom. The summed E-state index contributed by atoms with van der Waals surface area (Å²) in [5.74, 6) is -0.540. The van der Waals surface area contributed by atoms with E-state index in [1.54, 1.807) is 0 Å². The highest BCUT2D eigenvalue weighted by Crippen LogP contribution is 2.28. The fourth-order valence-electron chi connectivity index (χ4n) is 1.58. The zero-order valence-corrected chi connectivity index (χ0v) is 11.5. The summed E-state index contributed by atoms with van der Waals surface area (Å²) in [6.45, 7) is 10.4. The fraction of sp³-hybridized carbons (Fsp3) is 0.846. The third-order valence-corrected chi connectivity index (χ3v) is 2.79. The molecule has 4 nitrogen and oxygen atoms in total. The van der Waals surface area contributed by atoms with Gasteiger partial charge in [0.15, 0.2) is 0 Å². The van der Waals surface area contributed by atoms with Crippen LogP contribution in [0, 0.1) is 17.3 Å². The van der Waals surface area contributed by atoms with Crippen molar-refractivity contribution in [1.29, 1.82) is 0 Å². The molecule has 0 aliphatic heterocycles. The lowest BCUT2D eigenvalue weighted by Crippen LogP contribution is -2.36. The molecule has 2 N–H and O–H groups in total. The number of carboxylic acids is 1. The van der Waals surface area contributed by atoms with Crippen molar-refractivity contribution in [3.63, 3.8) is 0 Å². The van der Waals surface area contributed by atoms with Crippen molar-refractivity contribution in [2.24, 2.45) is 17.3 Å². The van der Waals surface area contributed by atoms with Crippen molar-refractivity contribution in [1.82, 2.24) is 5.32 Å². The predicted octanol–water partition coefficient (Wildman–Crippen LogP) is 2.29. The number of carboxylic acid groups (broad SMARTS) is 1. The van der Waals surface area contributed by atoms with Crippen molar-refractivity contribution in [3.8, 4) is 0 Å². The normalized spacial score (nSPS) is 13.5. The van der Waals surface area contributed by atoms with Gasteiger partial charge in [-0.3, -0.25) is 9.59 Å². The van der Waals surface area contributed by atoms with Gasteiger partial charge >= 0.3 is 5.97 Å². The molecule has 0 saturated carbocycles. The Morgan fingerprint density at radius 2 is 1.71 bits per heavy atom. The van der Waals surface area contributed by atoms with Gasteiger partial charge in [-0.2, -0.15) is 0 Å². The Bertz CT molecular complexity index is 266. The minimum Gasteiger partial charge on any atom is -0.481 e. The Morgan fingerprint density at radius 3 is 2.06 bits per heavy atom. The topological polar surface area (TPSA) is 66.4 Å². The molecule has 0 aromatic heterocycles. The molecule has 0 bridgehead atoms. The molecule has 0 heterocycles. The molecule has 4 heteroatoms. The van der Waals surface area contributed by atoms with Gasteiger partial charge in [-0.25, -0.2) is 0 Å². The number of hydrogen-bond acceptors (Lipinski definition) is 2. The molecule has 0 aliphatic rings. The predicted molar refractivity (Wildman–Crippen MR) is 67.7 cm³/mol. The van der Waals surface area contributed by atoms with E-state index in [0.717, 1.165) is 0 Å². The molecule has 1 amide bonds. The van der Waals surface area contributed by atoms with Crippen LogP contribution in [0.1, 0.15) is 47.5 Å². The standard InChI is InChI=1S/C13H25NO3/c1-9(2)6-11(15)14-8-10(7-12(16)17)13(3,4)5/h9-10H,6-8H2,1-5H3,(H,14,15)(H,16,17). The number of carbonyl (C=O) groups is 2. The molecule has 100 valence electrons. The van der Waals surface area contributed by atoms with Gasteiger partial charge in [0.2, 0.25) is 5.91 Å². The highest BCUT2D eigenvalue weighted by molar-refractivity contribution is 5.76. The van der Waals surface area contributed by atoms with Gasteiger partial charge in [-0.15, -0.1) is 0 Å². The molecule has 0 radical (unpaired) electrons. The van der Waals surface area contributed by atoms with Gasteiger partial charge in [-0.1, -0.05) is 34.6 Å². The average molecular weight is 243 g/mol. The van der Waals surface area contributed by atoms with Gasteiger partial charge in [0.1, 0.15) is 0 Å². The Kier molecular flexibility index (Phi) is 6.21. The fourth-order valence-corrected chi connectivity index (χ4v) is 1.58. The molecule has 0 aromatic rings. The molecule has 0 aliphatic carbocycles. The first-order chi connectivity index (χ1) is 7.62. The second-order valence-electron chi connectivity index (χ2n) is 6.06. The van der Waals surface area contributed by atoms with E-state index >= 15 is 0 Å². The number of carbonyl (C=O) groups excluding carboxylic acids is 1. The summed E-state index contributed by atoms with van der Waals surface area (Å²) >= 11 is 0. The van der Waals surface area contributed by atoms with Gasteiger partial charge in [0, 0.05) is 13.0 Å². The summed E-state index contributed by atoms with van der Waals surface area (Å²) in [7, 11) is 0. The maximum absolute atomic E-state index is 11.5. The van der Waals surface area contributed by atoms with Crippen LogP contribution in [-0.4, -0.2) is 23.5 Å². The second-order valence-corrected chi connectivity index (χ2v) is 6.06. The lowest BCUT2D eigenvalue weighted by molar-refractivity contribution is -0.139. The molecule has 0 aromatic carbocycles. The number of amides is 1. The van der Waals surface area contributed by atoms with Crippen LogP contribution in [0.25, 0.3) is 0 Å². The van der Waals surface area contributed by atoms with Crippen LogP contribution in [0.15, 0.2) is 0 Å². The summed E-state index contributed by atoms with van der Waals surface area (Å²) in [5, 5.41) is 11.7. The highest BCUT2D eigenvalue weighted by atomic mass is 16.4. The lowest BCUT2D eigenvalue weighted by atomic mass is 9.78. The molecule has 0 rings (SSSR count). The minimum atomic E-state index is -0.817. The molecule has 1 atom stereocenters. The average Bonchev–Trinajstić information content (AvgIpc) is 2.08. The Hall–Kier alpha value is -1.06. The quantitative estimate of drug-likeness (QED) is 0.752. The van der Waals surface area contributed by atoms with Crippen LogP contribution < -0.4 is 5.32 Å². The van der Waals surface area contributed by atoms with Gasteiger partial charge in [0.25, 0.3) is 0 Å². The third-order valence-electron chi connectivity index (χ3n) is 2.79. The van der Waals surface area contributed by atoms with E-state index in [2.05, 4.69) is 5.32 Å². The van der Waals surface area contributed by atoms with E-state index in [1.165, 1.54) is 0 Å². The molecule has 0 saturated heterocycles. The molecule has 17 heavy (non-hydrogen) atoms. The molecule has 1 unspecified atom stereocenters.